The molecule has 1 atom stereocenters. The van der Waals surface area contributed by atoms with E-state index in [2.05, 4.69) is 107 Å². The van der Waals surface area contributed by atoms with Crippen LogP contribution >= 0.6 is 0 Å². The molecule has 0 saturated carbocycles. The van der Waals surface area contributed by atoms with Gasteiger partial charge in [-0.2, -0.15) is 0 Å². The van der Waals surface area contributed by atoms with Crippen LogP contribution in [-0.4, -0.2) is 94.1 Å². The minimum absolute atomic E-state index is 0.0670. The third kappa shape index (κ3) is 46.5. The molecule has 0 radical (unpaired) electrons. The predicted molar refractivity (Wildman–Crippen MR) is 283 cm³/mol. The Labute approximate surface area is 413 Å². The standard InChI is InChI=1S/C58H104N2O7/c1-7-11-15-19-23-24-25-26-27-28-29-30-32-34-38-44-56(62)66-52-54(51-60(48-40-39-47-59(5)6)55(61)43-37-33-31-20-16-12-8-2)53-67-57(63)45-46-58(64-49-41-35-21-17-13-9-3)65-50-42-36-22-18-14-10-4/h13-14,17-18,23-24,26-27,31,33,54,58H,7-12,15-16,19-22,25,28-30,32,34-53H2,1-6H3/b17-13-,18-14-,24-23-,27-26-,33-31-. The molecule has 388 valence electrons. The van der Waals surface area contributed by atoms with Crippen molar-refractivity contribution in [2.75, 3.05) is 60.2 Å². The summed E-state index contributed by atoms with van der Waals surface area (Å²) in [6, 6.07) is 0. The van der Waals surface area contributed by atoms with Crippen LogP contribution in [0.1, 0.15) is 220 Å². The molecule has 1 unspecified atom stereocenters. The van der Waals surface area contributed by atoms with E-state index < -0.39 is 6.29 Å². The maximum absolute atomic E-state index is 13.7. The molecule has 0 aromatic carbocycles. The van der Waals surface area contributed by atoms with E-state index in [1.54, 1.807) is 0 Å². The van der Waals surface area contributed by atoms with E-state index in [9.17, 15) is 14.4 Å². The number of carbonyl (C=O) groups excluding carboxylic acids is 3. The molecule has 0 aliphatic rings. The summed E-state index contributed by atoms with van der Waals surface area (Å²) < 4.78 is 24.1. The fourth-order valence-corrected chi connectivity index (χ4v) is 7.45. The lowest BCUT2D eigenvalue weighted by atomic mass is 10.1. The van der Waals surface area contributed by atoms with E-state index in [0.29, 0.717) is 52.0 Å². The van der Waals surface area contributed by atoms with Gasteiger partial charge in [0.15, 0.2) is 6.29 Å². The Kier molecular flexibility index (Phi) is 48.6. The molecular weight excluding hydrogens is 837 g/mol. The molecule has 9 nitrogen and oxygen atoms in total. The average molecular weight is 941 g/mol. The van der Waals surface area contributed by atoms with Crippen molar-refractivity contribution < 1.29 is 33.3 Å². The first-order chi connectivity index (χ1) is 32.8. The highest BCUT2D eigenvalue weighted by Crippen LogP contribution is 2.15. The van der Waals surface area contributed by atoms with Gasteiger partial charge in [0.2, 0.25) is 5.91 Å². The van der Waals surface area contributed by atoms with Crippen LogP contribution in [0.25, 0.3) is 0 Å². The molecule has 67 heavy (non-hydrogen) atoms. The highest BCUT2D eigenvalue weighted by Gasteiger charge is 2.23. The average Bonchev–Trinajstić information content (AvgIpc) is 3.32. The molecule has 0 fully saturated rings. The summed E-state index contributed by atoms with van der Waals surface area (Å²) in [5.74, 6) is -0.841. The van der Waals surface area contributed by atoms with Gasteiger partial charge in [-0.25, -0.2) is 0 Å². The van der Waals surface area contributed by atoms with E-state index in [4.69, 9.17) is 18.9 Å². The summed E-state index contributed by atoms with van der Waals surface area (Å²) in [7, 11) is 4.12. The molecule has 0 aromatic heterocycles. The zero-order chi connectivity index (χ0) is 49.1. The summed E-state index contributed by atoms with van der Waals surface area (Å²) >= 11 is 0. The smallest absolute Gasteiger partial charge is 0.305 e. The largest absolute Gasteiger partial charge is 0.465 e. The Morgan fingerprint density at radius 1 is 0.463 bits per heavy atom. The lowest BCUT2D eigenvalue weighted by Gasteiger charge is -2.28. The van der Waals surface area contributed by atoms with E-state index in [-0.39, 0.29) is 43.4 Å². The molecule has 0 rings (SSSR count). The summed E-state index contributed by atoms with van der Waals surface area (Å²) in [6.45, 7) is 12.0. The first-order valence-electron chi connectivity index (χ1n) is 27.5. The van der Waals surface area contributed by atoms with Crippen molar-refractivity contribution in [1.82, 2.24) is 9.80 Å². The maximum atomic E-state index is 13.7. The van der Waals surface area contributed by atoms with Gasteiger partial charge in [-0.15, -0.1) is 0 Å². The van der Waals surface area contributed by atoms with Gasteiger partial charge in [-0.1, -0.05) is 133 Å². The molecule has 1 amide bonds. The van der Waals surface area contributed by atoms with Crippen LogP contribution in [0.5, 0.6) is 0 Å². The van der Waals surface area contributed by atoms with Gasteiger partial charge in [-0.3, -0.25) is 14.4 Å². The Hall–Kier alpha value is -3.01. The molecule has 0 spiro atoms. The number of carbonyl (C=O) groups is 3. The van der Waals surface area contributed by atoms with Gasteiger partial charge >= 0.3 is 11.9 Å². The van der Waals surface area contributed by atoms with E-state index in [1.807, 2.05) is 4.90 Å². The molecule has 0 N–H and O–H groups in total. The van der Waals surface area contributed by atoms with Gasteiger partial charge in [-0.05, 0) is 143 Å². The summed E-state index contributed by atoms with van der Waals surface area (Å²) in [6.07, 6.45) is 50.7. The van der Waals surface area contributed by atoms with Gasteiger partial charge < -0.3 is 28.7 Å². The Balaban J connectivity index is 5.47. The van der Waals surface area contributed by atoms with Crippen LogP contribution in [-0.2, 0) is 33.3 Å². The van der Waals surface area contributed by atoms with Crippen LogP contribution in [0.4, 0.5) is 0 Å². The van der Waals surface area contributed by atoms with Gasteiger partial charge in [0.25, 0.3) is 0 Å². The number of unbranched alkanes of at least 4 members (excludes halogenated alkanes) is 16. The second kappa shape index (κ2) is 50.9. The third-order valence-electron chi connectivity index (χ3n) is 11.6. The van der Waals surface area contributed by atoms with Gasteiger partial charge in [0, 0.05) is 51.5 Å². The lowest BCUT2D eigenvalue weighted by Crippen LogP contribution is -2.39. The van der Waals surface area contributed by atoms with Crippen molar-refractivity contribution in [3.63, 3.8) is 0 Å². The highest BCUT2D eigenvalue weighted by molar-refractivity contribution is 5.76. The summed E-state index contributed by atoms with van der Waals surface area (Å²) in [5.41, 5.74) is 0. The fourth-order valence-electron chi connectivity index (χ4n) is 7.45. The summed E-state index contributed by atoms with van der Waals surface area (Å²) in [4.78, 5) is 44.2. The topological polar surface area (TPSA) is 94.6 Å². The quantitative estimate of drug-likeness (QED) is 0.0258. The fraction of sp³-hybridized carbons (Fsp3) is 0.776. The van der Waals surface area contributed by atoms with E-state index in [0.717, 1.165) is 122 Å². The lowest BCUT2D eigenvalue weighted by molar-refractivity contribution is -0.161. The normalized spacial score (nSPS) is 12.7. The molecule has 0 aliphatic carbocycles. The highest BCUT2D eigenvalue weighted by atomic mass is 16.7. The van der Waals surface area contributed by atoms with Crippen LogP contribution in [0.3, 0.4) is 0 Å². The molecule has 9 heteroatoms. The Morgan fingerprint density at radius 3 is 1.48 bits per heavy atom. The van der Waals surface area contributed by atoms with E-state index >= 15 is 0 Å². The molecule has 0 heterocycles. The van der Waals surface area contributed by atoms with Crippen LogP contribution in [0, 0.1) is 5.92 Å². The number of esters is 2. The van der Waals surface area contributed by atoms with Crippen LogP contribution in [0.2, 0.25) is 0 Å². The van der Waals surface area contributed by atoms with Gasteiger partial charge in [0.05, 0.1) is 19.6 Å². The molecule has 0 aromatic rings. The van der Waals surface area contributed by atoms with Crippen LogP contribution < -0.4 is 0 Å². The van der Waals surface area contributed by atoms with Crippen molar-refractivity contribution in [3.05, 3.63) is 60.8 Å². The predicted octanol–water partition coefficient (Wildman–Crippen LogP) is 15.0. The third-order valence-corrected chi connectivity index (χ3v) is 11.6. The molecule has 0 saturated heterocycles. The second-order valence-corrected chi connectivity index (χ2v) is 18.5. The molecular formula is C58H104N2O7. The Bertz CT molecular complexity index is 1250. The number of amides is 1. The first kappa shape index (κ1) is 64.0. The van der Waals surface area contributed by atoms with Crippen molar-refractivity contribution in [1.29, 1.82) is 0 Å². The SMILES string of the molecule is CC/C=C\CCCCOC(CCC(=O)OCC(COC(=O)CCCCCCC/C=C\C/C=C\CCCCC)CN(CCCCN(C)C)C(=O)CC/C=C\CCCCC)OCCCC/C=C\CC. The monoisotopic (exact) mass is 941 g/mol. The Morgan fingerprint density at radius 2 is 0.925 bits per heavy atom. The van der Waals surface area contributed by atoms with Gasteiger partial charge in [0.1, 0.15) is 0 Å². The summed E-state index contributed by atoms with van der Waals surface area (Å²) in [5, 5.41) is 0. The number of ether oxygens (including phenoxy) is 4. The minimum atomic E-state index is -0.480. The van der Waals surface area contributed by atoms with Crippen molar-refractivity contribution in [3.8, 4) is 0 Å². The number of nitrogens with zero attached hydrogens (tertiary/aromatic N) is 2. The second-order valence-electron chi connectivity index (χ2n) is 18.5. The number of hydrogen-bond acceptors (Lipinski definition) is 8. The molecule has 0 aliphatic heterocycles. The minimum Gasteiger partial charge on any atom is -0.465 e. The van der Waals surface area contributed by atoms with E-state index in [1.165, 1.54) is 44.9 Å². The number of allylic oxidation sites excluding steroid dienone is 10. The van der Waals surface area contributed by atoms with Crippen molar-refractivity contribution in [2.45, 2.75) is 227 Å². The van der Waals surface area contributed by atoms with Crippen molar-refractivity contribution in [2.24, 2.45) is 5.92 Å². The van der Waals surface area contributed by atoms with Crippen molar-refractivity contribution >= 4 is 17.8 Å². The number of hydrogen-bond donors (Lipinski definition) is 0. The maximum Gasteiger partial charge on any atom is 0.305 e. The van der Waals surface area contributed by atoms with Crippen LogP contribution in [0.15, 0.2) is 60.8 Å². The number of rotatable bonds is 49. The first-order valence-corrected chi connectivity index (χ1v) is 27.5. The molecule has 0 bridgehead atoms. The zero-order valence-corrected chi connectivity index (χ0v) is 44.3. The zero-order valence-electron chi connectivity index (χ0n) is 44.3.